The van der Waals surface area contributed by atoms with Gasteiger partial charge in [0, 0.05) is 18.0 Å². The molecule has 0 saturated heterocycles. The van der Waals surface area contributed by atoms with Crippen LogP contribution in [0.2, 0.25) is 0 Å². The third-order valence-corrected chi connectivity index (χ3v) is 2.39. The van der Waals surface area contributed by atoms with Gasteiger partial charge in [0.05, 0.1) is 11.1 Å². The average Bonchev–Trinajstić information content (AvgIpc) is 2.27. The fourth-order valence-corrected chi connectivity index (χ4v) is 1.56. The molecule has 2 rings (SSSR count). The number of fused-ring (bicyclic) bond motifs is 1. The van der Waals surface area contributed by atoms with Crippen molar-refractivity contribution in [1.82, 2.24) is 4.98 Å². The van der Waals surface area contributed by atoms with Gasteiger partial charge in [-0.2, -0.15) is 13.2 Å². The molecule has 88 valence electrons. The highest BCUT2D eigenvalue weighted by molar-refractivity contribution is 5.80. The zero-order valence-electron chi connectivity index (χ0n) is 8.66. The van der Waals surface area contributed by atoms with Crippen LogP contribution in [0.4, 0.5) is 13.2 Å². The number of carbonyl (C=O) groups excluding carboxylic acids is 1. The lowest BCUT2D eigenvalue weighted by Crippen LogP contribution is -2.05. The van der Waals surface area contributed by atoms with Crippen molar-refractivity contribution in [2.45, 2.75) is 12.6 Å². The van der Waals surface area contributed by atoms with Crippen LogP contribution in [0.3, 0.4) is 0 Å². The van der Waals surface area contributed by atoms with Gasteiger partial charge in [0.1, 0.15) is 6.29 Å². The minimum Gasteiger partial charge on any atom is -0.303 e. The first kappa shape index (κ1) is 11.6. The van der Waals surface area contributed by atoms with Gasteiger partial charge in [-0.25, -0.2) is 0 Å². The van der Waals surface area contributed by atoms with Crippen LogP contribution in [0, 0.1) is 0 Å². The molecule has 1 aromatic carbocycles. The summed E-state index contributed by atoms with van der Waals surface area (Å²) in [6, 6.07) is 5.87. The van der Waals surface area contributed by atoms with E-state index in [2.05, 4.69) is 4.98 Å². The first-order valence-electron chi connectivity index (χ1n) is 4.90. The summed E-state index contributed by atoms with van der Waals surface area (Å²) in [5, 5.41) is 0.388. The molecule has 0 fully saturated rings. The Morgan fingerprint density at radius 3 is 2.65 bits per heavy atom. The minimum atomic E-state index is -4.40. The van der Waals surface area contributed by atoms with Crippen molar-refractivity contribution in [2.75, 3.05) is 0 Å². The van der Waals surface area contributed by atoms with E-state index < -0.39 is 11.7 Å². The summed E-state index contributed by atoms with van der Waals surface area (Å²) in [5.41, 5.74) is 0.370. The molecule has 0 atom stereocenters. The quantitative estimate of drug-likeness (QED) is 0.754. The number of pyridine rings is 1. The molecular formula is C12H8F3NO. The lowest BCUT2D eigenvalue weighted by Gasteiger charge is -2.07. The van der Waals surface area contributed by atoms with Gasteiger partial charge in [-0.3, -0.25) is 4.98 Å². The number of aldehydes is 1. The SMILES string of the molecule is O=CCc1ccc2ncc(C(F)(F)F)cc2c1. The standard InChI is InChI=1S/C12H8F3NO/c13-12(14,15)10-6-9-5-8(3-4-17)1-2-11(9)16-7-10/h1-2,4-7H,3H2. The van der Waals surface area contributed by atoms with Gasteiger partial charge >= 0.3 is 6.18 Å². The second-order valence-corrected chi connectivity index (χ2v) is 3.62. The number of hydrogen-bond acceptors (Lipinski definition) is 2. The van der Waals surface area contributed by atoms with Gasteiger partial charge in [-0.1, -0.05) is 6.07 Å². The fraction of sp³-hybridized carbons (Fsp3) is 0.167. The number of carbonyl (C=O) groups is 1. The van der Waals surface area contributed by atoms with Gasteiger partial charge in [0.15, 0.2) is 0 Å². The number of rotatable bonds is 2. The fourth-order valence-electron chi connectivity index (χ4n) is 1.56. The van der Waals surface area contributed by atoms with Crippen LogP contribution in [-0.4, -0.2) is 11.3 Å². The molecule has 0 unspecified atom stereocenters. The second kappa shape index (κ2) is 4.16. The summed E-state index contributed by atoms with van der Waals surface area (Å²) < 4.78 is 37.4. The highest BCUT2D eigenvalue weighted by Crippen LogP contribution is 2.30. The normalized spacial score (nSPS) is 11.7. The Balaban J connectivity index is 2.54. The molecule has 0 aliphatic rings. The smallest absolute Gasteiger partial charge is 0.303 e. The van der Waals surface area contributed by atoms with E-state index in [-0.39, 0.29) is 6.42 Å². The molecule has 0 amide bonds. The van der Waals surface area contributed by atoms with Crippen molar-refractivity contribution in [1.29, 1.82) is 0 Å². The molecule has 0 spiro atoms. The molecule has 1 aromatic heterocycles. The van der Waals surface area contributed by atoms with Gasteiger partial charge < -0.3 is 4.79 Å². The van der Waals surface area contributed by atoms with Gasteiger partial charge in [0.2, 0.25) is 0 Å². The van der Waals surface area contributed by atoms with Crippen LogP contribution in [-0.2, 0) is 17.4 Å². The van der Waals surface area contributed by atoms with E-state index in [9.17, 15) is 18.0 Å². The van der Waals surface area contributed by atoms with E-state index in [0.29, 0.717) is 22.8 Å². The summed E-state index contributed by atoms with van der Waals surface area (Å²) in [5.74, 6) is 0. The number of alkyl halides is 3. The monoisotopic (exact) mass is 239 g/mol. The lowest BCUT2D eigenvalue weighted by atomic mass is 10.1. The number of aromatic nitrogens is 1. The molecule has 0 aliphatic heterocycles. The summed E-state index contributed by atoms with van der Waals surface area (Å²) >= 11 is 0. The maximum Gasteiger partial charge on any atom is 0.417 e. The van der Waals surface area contributed by atoms with Crippen molar-refractivity contribution in [3.63, 3.8) is 0 Å². The minimum absolute atomic E-state index is 0.187. The largest absolute Gasteiger partial charge is 0.417 e. The van der Waals surface area contributed by atoms with Gasteiger partial charge in [0.25, 0.3) is 0 Å². The summed E-state index contributed by atoms with van der Waals surface area (Å²) in [6.45, 7) is 0. The van der Waals surface area contributed by atoms with Crippen LogP contribution in [0.25, 0.3) is 10.9 Å². The number of nitrogens with zero attached hydrogens (tertiary/aromatic N) is 1. The van der Waals surface area contributed by atoms with Crippen molar-refractivity contribution in [3.05, 3.63) is 41.6 Å². The Morgan fingerprint density at radius 1 is 1.24 bits per heavy atom. The lowest BCUT2D eigenvalue weighted by molar-refractivity contribution is -0.137. The van der Waals surface area contributed by atoms with Crippen molar-refractivity contribution in [3.8, 4) is 0 Å². The maximum atomic E-state index is 12.5. The zero-order valence-corrected chi connectivity index (χ0v) is 8.66. The molecule has 2 nitrogen and oxygen atoms in total. The van der Waals surface area contributed by atoms with E-state index in [4.69, 9.17) is 0 Å². The Bertz CT molecular complexity index is 563. The Kier molecular flexibility index (Phi) is 2.83. The van der Waals surface area contributed by atoms with Crippen molar-refractivity contribution in [2.24, 2.45) is 0 Å². The van der Waals surface area contributed by atoms with Crippen LogP contribution < -0.4 is 0 Å². The molecule has 1 heterocycles. The van der Waals surface area contributed by atoms with E-state index in [1.165, 1.54) is 0 Å². The molecule has 2 aromatic rings. The molecule has 17 heavy (non-hydrogen) atoms. The van der Waals surface area contributed by atoms with Crippen molar-refractivity contribution < 1.29 is 18.0 Å². The highest BCUT2D eigenvalue weighted by atomic mass is 19.4. The first-order valence-corrected chi connectivity index (χ1v) is 4.90. The van der Waals surface area contributed by atoms with Crippen LogP contribution in [0.15, 0.2) is 30.5 Å². The summed E-state index contributed by atoms with van der Waals surface area (Å²) in [7, 11) is 0. The Morgan fingerprint density at radius 2 is 2.00 bits per heavy atom. The summed E-state index contributed by atoms with van der Waals surface area (Å²) in [4.78, 5) is 14.1. The third kappa shape index (κ3) is 2.43. The highest BCUT2D eigenvalue weighted by Gasteiger charge is 2.30. The predicted molar refractivity (Wildman–Crippen MR) is 56.5 cm³/mol. The molecule has 0 saturated carbocycles. The molecule has 0 radical (unpaired) electrons. The molecule has 0 aliphatic carbocycles. The van der Waals surface area contributed by atoms with Crippen molar-refractivity contribution >= 4 is 17.2 Å². The number of hydrogen-bond donors (Lipinski definition) is 0. The topological polar surface area (TPSA) is 30.0 Å². The predicted octanol–water partition coefficient (Wildman–Crippen LogP) is 3.00. The number of benzene rings is 1. The van der Waals surface area contributed by atoms with E-state index >= 15 is 0 Å². The Labute approximate surface area is 95.1 Å². The third-order valence-electron chi connectivity index (χ3n) is 2.39. The van der Waals surface area contributed by atoms with Crippen LogP contribution in [0.5, 0.6) is 0 Å². The molecular weight excluding hydrogens is 231 g/mol. The first-order chi connectivity index (χ1) is 8.00. The second-order valence-electron chi connectivity index (χ2n) is 3.62. The zero-order chi connectivity index (χ0) is 12.5. The van der Waals surface area contributed by atoms with Crippen LogP contribution >= 0.6 is 0 Å². The van der Waals surface area contributed by atoms with Crippen LogP contribution in [0.1, 0.15) is 11.1 Å². The van der Waals surface area contributed by atoms with E-state index in [1.54, 1.807) is 18.2 Å². The summed E-state index contributed by atoms with van der Waals surface area (Å²) in [6.07, 6.45) is -2.70. The van der Waals surface area contributed by atoms with Gasteiger partial charge in [-0.15, -0.1) is 0 Å². The average molecular weight is 239 g/mol. The molecule has 0 N–H and O–H groups in total. The molecule has 5 heteroatoms. The van der Waals surface area contributed by atoms with E-state index in [1.807, 2.05) is 0 Å². The molecule has 0 bridgehead atoms. The Hall–Kier alpha value is -1.91. The van der Waals surface area contributed by atoms with E-state index in [0.717, 1.165) is 12.3 Å². The number of halogens is 3. The maximum absolute atomic E-state index is 12.5. The van der Waals surface area contributed by atoms with Gasteiger partial charge in [-0.05, 0) is 23.8 Å².